The molecule has 190 valence electrons. The van der Waals surface area contributed by atoms with Gasteiger partial charge in [-0.3, -0.25) is 9.36 Å². The Bertz CT molecular complexity index is 1250. The van der Waals surface area contributed by atoms with Crippen molar-refractivity contribution >= 4 is 41.2 Å². The van der Waals surface area contributed by atoms with E-state index in [1.807, 2.05) is 53.1 Å². The van der Waals surface area contributed by atoms with Crippen LogP contribution in [0.25, 0.3) is 16.9 Å². The van der Waals surface area contributed by atoms with Gasteiger partial charge in [0.2, 0.25) is 5.95 Å². The lowest BCUT2D eigenvalue weighted by molar-refractivity contribution is -0.137. The largest absolute Gasteiger partial charge is 0.494 e. The molecule has 0 saturated heterocycles. The first kappa shape index (κ1) is 26.7. The Labute approximate surface area is 214 Å². The summed E-state index contributed by atoms with van der Waals surface area (Å²) in [5, 5.41) is 11.9. The van der Waals surface area contributed by atoms with Crippen LogP contribution in [0.2, 0.25) is 0 Å². The number of nitrogens with zero attached hydrogens (tertiary/aromatic N) is 4. The summed E-state index contributed by atoms with van der Waals surface area (Å²) in [4.78, 5) is 24.0. The third-order valence-corrected chi connectivity index (χ3v) is 5.19. The Balaban J connectivity index is 0.00000361. The number of fused-ring (bicyclic) bond motifs is 1. The number of ether oxygens (including phenoxy) is 2. The van der Waals surface area contributed by atoms with E-state index in [1.165, 1.54) is 0 Å². The number of hydrogen-bond donors (Lipinski definition) is 3. The van der Waals surface area contributed by atoms with E-state index >= 15 is 0 Å². The van der Waals surface area contributed by atoms with Crippen LogP contribution in [-0.4, -0.2) is 50.4 Å². The van der Waals surface area contributed by atoms with Gasteiger partial charge in [-0.2, -0.15) is 4.98 Å². The van der Waals surface area contributed by atoms with Crippen molar-refractivity contribution in [3.63, 3.8) is 0 Å². The maximum atomic E-state index is 10.6. The lowest BCUT2D eigenvalue weighted by Crippen LogP contribution is -2.06. The van der Waals surface area contributed by atoms with Crippen LogP contribution in [-0.2, 0) is 4.79 Å². The van der Waals surface area contributed by atoms with E-state index in [0.717, 1.165) is 29.3 Å². The molecule has 2 heterocycles. The zero-order chi connectivity index (χ0) is 24.5. The molecule has 4 rings (SSSR count). The molecule has 11 heteroatoms. The fourth-order valence-electron chi connectivity index (χ4n) is 3.37. The minimum atomic E-state index is -0.786. The van der Waals surface area contributed by atoms with E-state index in [0.29, 0.717) is 49.7 Å². The molecule has 0 atom stereocenters. The average molecular weight is 513 g/mol. The third-order valence-electron chi connectivity index (χ3n) is 5.19. The van der Waals surface area contributed by atoms with Gasteiger partial charge in [0.25, 0.3) is 0 Å². The van der Waals surface area contributed by atoms with Crippen molar-refractivity contribution in [2.24, 2.45) is 5.73 Å². The molecule has 4 N–H and O–H groups in total. The number of anilines is 2. The normalized spacial score (nSPS) is 10.6. The van der Waals surface area contributed by atoms with Gasteiger partial charge >= 0.3 is 5.97 Å². The zero-order valence-electron chi connectivity index (χ0n) is 19.7. The minimum Gasteiger partial charge on any atom is -0.494 e. The highest BCUT2D eigenvalue weighted by Gasteiger charge is 2.09. The van der Waals surface area contributed by atoms with Crippen LogP contribution >= 0.6 is 12.4 Å². The molecule has 0 aliphatic carbocycles. The van der Waals surface area contributed by atoms with Crippen molar-refractivity contribution < 1.29 is 19.4 Å². The van der Waals surface area contributed by atoms with E-state index in [2.05, 4.69) is 20.3 Å². The van der Waals surface area contributed by atoms with Crippen molar-refractivity contribution in [2.45, 2.75) is 25.7 Å². The topological polar surface area (TPSA) is 137 Å². The van der Waals surface area contributed by atoms with E-state index in [1.54, 1.807) is 12.5 Å². The molecule has 10 nitrogen and oxygen atoms in total. The van der Waals surface area contributed by atoms with Gasteiger partial charge in [0, 0.05) is 17.8 Å². The van der Waals surface area contributed by atoms with Gasteiger partial charge in [-0.15, -0.1) is 12.4 Å². The lowest BCUT2D eigenvalue weighted by Gasteiger charge is -2.09. The van der Waals surface area contributed by atoms with Crippen LogP contribution in [0.5, 0.6) is 11.5 Å². The van der Waals surface area contributed by atoms with E-state index in [4.69, 9.17) is 20.3 Å². The van der Waals surface area contributed by atoms with Gasteiger partial charge < -0.3 is 25.6 Å². The number of aromatic nitrogens is 4. The molecule has 2 aromatic carbocycles. The number of nitrogens with one attached hydrogen (secondary N) is 1. The highest BCUT2D eigenvalue weighted by atomic mass is 35.5. The number of carboxylic acid groups (broad SMARTS) is 1. The molecule has 0 saturated carbocycles. The standard InChI is InChI=1S/C25H28N6O4.ClH/c26-13-3-15-35-20-9-5-18(6-10-20)29-25-27-16-22-24(30-25)31(17-28-22)19-7-11-21(12-8-19)34-14-2-1-4-23(32)33;/h5-12,16-17H,1-4,13-15,26H2,(H,32,33)(H,27,29,30);1H. The highest BCUT2D eigenvalue weighted by Crippen LogP contribution is 2.22. The lowest BCUT2D eigenvalue weighted by atomic mass is 10.2. The van der Waals surface area contributed by atoms with Crippen LogP contribution in [0.3, 0.4) is 0 Å². The number of rotatable bonds is 13. The van der Waals surface area contributed by atoms with Crippen molar-refractivity contribution in [1.29, 1.82) is 0 Å². The maximum absolute atomic E-state index is 10.6. The Morgan fingerprint density at radius 2 is 1.61 bits per heavy atom. The molecule has 0 bridgehead atoms. The van der Waals surface area contributed by atoms with Gasteiger partial charge in [0.15, 0.2) is 5.65 Å². The molecular weight excluding hydrogens is 484 g/mol. The Kier molecular flexibility index (Phi) is 9.84. The molecule has 0 amide bonds. The van der Waals surface area contributed by atoms with E-state index in [-0.39, 0.29) is 18.8 Å². The second-order valence-corrected chi connectivity index (χ2v) is 7.85. The number of imidazole rings is 1. The minimum absolute atomic E-state index is 0. The number of unbranched alkanes of at least 4 members (excludes halogenated alkanes) is 1. The van der Waals surface area contributed by atoms with Crippen LogP contribution in [0, 0.1) is 0 Å². The molecule has 36 heavy (non-hydrogen) atoms. The first-order chi connectivity index (χ1) is 17.1. The first-order valence-corrected chi connectivity index (χ1v) is 11.5. The summed E-state index contributed by atoms with van der Waals surface area (Å²) in [7, 11) is 0. The van der Waals surface area contributed by atoms with Crippen molar-refractivity contribution in [3.8, 4) is 17.2 Å². The monoisotopic (exact) mass is 512 g/mol. The molecule has 0 fully saturated rings. The number of nitrogens with two attached hydrogens (primary N) is 1. The maximum Gasteiger partial charge on any atom is 0.303 e. The molecule has 0 radical (unpaired) electrons. The average Bonchev–Trinajstić information content (AvgIpc) is 3.28. The quantitative estimate of drug-likeness (QED) is 0.223. The number of aliphatic carboxylic acids is 1. The summed E-state index contributed by atoms with van der Waals surface area (Å²) in [6.45, 7) is 1.67. The van der Waals surface area contributed by atoms with Crippen LogP contribution < -0.4 is 20.5 Å². The summed E-state index contributed by atoms with van der Waals surface area (Å²) in [5.41, 5.74) is 8.57. The molecule has 0 aliphatic heterocycles. The molecule has 2 aromatic heterocycles. The van der Waals surface area contributed by atoms with Crippen LogP contribution in [0.4, 0.5) is 11.6 Å². The number of carboxylic acids is 1. The number of benzene rings is 2. The number of halogens is 1. The van der Waals surface area contributed by atoms with Crippen molar-refractivity contribution in [2.75, 3.05) is 25.1 Å². The number of carbonyl (C=O) groups is 1. The smallest absolute Gasteiger partial charge is 0.303 e. The summed E-state index contributed by atoms with van der Waals surface area (Å²) >= 11 is 0. The van der Waals surface area contributed by atoms with E-state index in [9.17, 15) is 4.79 Å². The SMILES string of the molecule is Cl.NCCCOc1ccc(Nc2ncc3ncn(-c4ccc(OCCCCC(=O)O)cc4)c3n2)cc1. The van der Waals surface area contributed by atoms with Crippen molar-refractivity contribution in [3.05, 3.63) is 61.1 Å². The first-order valence-electron chi connectivity index (χ1n) is 11.5. The van der Waals surface area contributed by atoms with E-state index < -0.39 is 5.97 Å². The molecule has 4 aromatic rings. The highest BCUT2D eigenvalue weighted by molar-refractivity contribution is 5.85. The summed E-state index contributed by atoms with van der Waals surface area (Å²) in [5.74, 6) is 1.18. The van der Waals surface area contributed by atoms with Crippen LogP contribution in [0.15, 0.2) is 61.1 Å². The van der Waals surface area contributed by atoms with Crippen molar-refractivity contribution in [1.82, 2.24) is 19.5 Å². The fraction of sp³-hybridized carbons (Fsp3) is 0.280. The van der Waals surface area contributed by atoms with Gasteiger partial charge in [0.1, 0.15) is 23.3 Å². The number of hydrogen-bond acceptors (Lipinski definition) is 8. The predicted molar refractivity (Wildman–Crippen MR) is 140 cm³/mol. The Hall–Kier alpha value is -3.89. The second-order valence-electron chi connectivity index (χ2n) is 7.85. The van der Waals surface area contributed by atoms with Gasteiger partial charge in [-0.25, -0.2) is 9.97 Å². The zero-order valence-corrected chi connectivity index (χ0v) is 20.5. The van der Waals surface area contributed by atoms with Gasteiger partial charge in [0.05, 0.1) is 19.4 Å². The summed E-state index contributed by atoms with van der Waals surface area (Å²) in [6, 6.07) is 15.2. The molecular formula is C25H29ClN6O4. The molecule has 0 unspecified atom stereocenters. The molecule has 0 aliphatic rings. The third kappa shape index (κ3) is 7.30. The summed E-state index contributed by atoms with van der Waals surface area (Å²) in [6.07, 6.45) is 5.64. The molecule has 0 spiro atoms. The van der Waals surface area contributed by atoms with Crippen LogP contribution in [0.1, 0.15) is 25.7 Å². The summed E-state index contributed by atoms with van der Waals surface area (Å²) < 4.78 is 13.2. The predicted octanol–water partition coefficient (Wildman–Crippen LogP) is 4.34. The Morgan fingerprint density at radius 3 is 2.28 bits per heavy atom. The Morgan fingerprint density at radius 1 is 0.944 bits per heavy atom. The van der Waals surface area contributed by atoms with Gasteiger partial charge in [-0.1, -0.05) is 0 Å². The van der Waals surface area contributed by atoms with Gasteiger partial charge in [-0.05, 0) is 74.3 Å². The fourth-order valence-corrected chi connectivity index (χ4v) is 3.37. The second kappa shape index (κ2) is 13.3.